The second-order valence-electron chi connectivity index (χ2n) is 9.47. The van der Waals surface area contributed by atoms with E-state index in [4.69, 9.17) is 5.73 Å². The predicted octanol–water partition coefficient (Wildman–Crippen LogP) is 4.39. The summed E-state index contributed by atoms with van der Waals surface area (Å²) in [6, 6.07) is 3.18. The number of carboxylic acid groups (broad SMARTS) is 1. The number of alkyl halides is 3. The van der Waals surface area contributed by atoms with Gasteiger partial charge in [0.2, 0.25) is 0 Å². The number of carbonyl (C=O) groups is 2. The van der Waals surface area contributed by atoms with Crippen LogP contribution in [0, 0.1) is 11.7 Å². The average Bonchev–Trinajstić information content (AvgIpc) is 3.21. The summed E-state index contributed by atoms with van der Waals surface area (Å²) in [4.78, 5) is 33.6. The quantitative estimate of drug-likeness (QED) is 0.347. The van der Waals surface area contributed by atoms with E-state index in [1.165, 1.54) is 11.0 Å². The number of nitrogens with one attached hydrogen (secondary N) is 1. The molecule has 3 heterocycles. The van der Waals surface area contributed by atoms with Crippen molar-refractivity contribution in [2.24, 2.45) is 5.92 Å². The first-order valence-corrected chi connectivity index (χ1v) is 11.9. The molecule has 2 aliphatic rings. The van der Waals surface area contributed by atoms with Gasteiger partial charge in [-0.3, -0.25) is 9.59 Å². The highest BCUT2D eigenvalue weighted by atomic mass is 19.4. The van der Waals surface area contributed by atoms with Crippen molar-refractivity contribution in [3.63, 3.8) is 0 Å². The number of nitrogen functional groups attached to an aromatic ring is 1. The lowest BCUT2D eigenvalue weighted by Gasteiger charge is -2.33. The van der Waals surface area contributed by atoms with Gasteiger partial charge in [0.05, 0.1) is 17.7 Å². The number of aromatic amines is 1. The number of rotatable bonds is 4. The molecule has 0 unspecified atom stereocenters. The first-order valence-electron chi connectivity index (χ1n) is 11.9. The normalized spacial score (nSPS) is 18.6. The number of anilines is 1. The number of carbonyl (C=O) groups excluding carboxylic acids is 1. The molecule has 2 aromatic heterocycles. The summed E-state index contributed by atoms with van der Waals surface area (Å²) >= 11 is 0. The van der Waals surface area contributed by atoms with Crippen LogP contribution >= 0.6 is 0 Å². The largest absolute Gasteiger partial charge is 0.573 e. The van der Waals surface area contributed by atoms with Gasteiger partial charge in [0, 0.05) is 41.5 Å². The van der Waals surface area contributed by atoms with Gasteiger partial charge in [-0.15, -0.1) is 13.2 Å². The maximum atomic E-state index is 15.2. The Morgan fingerprint density at radius 1 is 1.19 bits per heavy atom. The summed E-state index contributed by atoms with van der Waals surface area (Å²) in [5, 5.41) is 10.1. The highest BCUT2D eigenvalue weighted by molar-refractivity contribution is 5.99. The SMILES string of the molecule is Nc1cc(OC(F)(F)F)ccc1C(=O)N1CCC(c2c(F)cnc3[nH]c4c(c23)C[C@H](C(=O)O)CC4)CC1. The van der Waals surface area contributed by atoms with Gasteiger partial charge in [-0.25, -0.2) is 9.37 Å². The van der Waals surface area contributed by atoms with Crippen LogP contribution in [0.1, 0.15) is 52.4 Å². The van der Waals surface area contributed by atoms with E-state index in [0.717, 1.165) is 29.6 Å². The van der Waals surface area contributed by atoms with Crippen LogP contribution in [-0.2, 0) is 17.6 Å². The number of aliphatic carboxylic acids is 1. The number of hydrogen-bond donors (Lipinski definition) is 3. The first-order chi connectivity index (χ1) is 17.5. The van der Waals surface area contributed by atoms with Crippen LogP contribution in [0.5, 0.6) is 5.75 Å². The topological polar surface area (TPSA) is 122 Å². The molecular formula is C25H24F4N4O4. The molecule has 0 saturated carbocycles. The number of nitrogens with zero attached hydrogens (tertiary/aromatic N) is 2. The number of pyridine rings is 1. The van der Waals surface area contributed by atoms with Crippen LogP contribution in [0.15, 0.2) is 24.4 Å². The second kappa shape index (κ2) is 9.24. The zero-order valence-corrected chi connectivity index (χ0v) is 19.6. The van der Waals surface area contributed by atoms with Crippen LogP contribution in [0.25, 0.3) is 11.0 Å². The molecule has 12 heteroatoms. The molecule has 1 saturated heterocycles. The van der Waals surface area contributed by atoms with E-state index in [9.17, 15) is 27.9 Å². The van der Waals surface area contributed by atoms with Gasteiger partial charge in [0.1, 0.15) is 17.2 Å². The number of aromatic nitrogens is 2. The summed E-state index contributed by atoms with van der Waals surface area (Å²) < 4.78 is 56.4. The number of carboxylic acids is 1. The van der Waals surface area contributed by atoms with Gasteiger partial charge in [-0.2, -0.15) is 0 Å². The number of piperidine rings is 1. The summed E-state index contributed by atoms with van der Waals surface area (Å²) in [7, 11) is 0. The molecule has 0 radical (unpaired) electrons. The number of aryl methyl sites for hydroxylation is 1. The third kappa shape index (κ3) is 4.79. The van der Waals surface area contributed by atoms with Gasteiger partial charge in [0.25, 0.3) is 5.91 Å². The average molecular weight is 520 g/mol. The van der Waals surface area contributed by atoms with Crippen molar-refractivity contribution in [2.45, 2.75) is 44.4 Å². The van der Waals surface area contributed by atoms with E-state index >= 15 is 4.39 Å². The van der Waals surface area contributed by atoms with Crippen LogP contribution in [0.4, 0.5) is 23.2 Å². The predicted molar refractivity (Wildman–Crippen MR) is 125 cm³/mol. The maximum absolute atomic E-state index is 15.2. The minimum Gasteiger partial charge on any atom is -0.481 e. The Hall–Kier alpha value is -3.83. The molecule has 8 nitrogen and oxygen atoms in total. The fourth-order valence-corrected chi connectivity index (χ4v) is 5.46. The number of ether oxygens (including phenoxy) is 1. The van der Waals surface area contributed by atoms with Gasteiger partial charge in [0.15, 0.2) is 0 Å². The number of halogens is 4. The molecule has 1 aromatic carbocycles. The molecule has 0 spiro atoms. The van der Waals surface area contributed by atoms with E-state index in [0.29, 0.717) is 48.7 Å². The van der Waals surface area contributed by atoms with Crippen molar-refractivity contribution in [1.29, 1.82) is 0 Å². The van der Waals surface area contributed by atoms with Gasteiger partial charge >= 0.3 is 12.3 Å². The lowest BCUT2D eigenvalue weighted by atomic mass is 9.82. The highest BCUT2D eigenvalue weighted by Crippen LogP contribution is 2.40. The summed E-state index contributed by atoms with van der Waals surface area (Å²) in [5.74, 6) is -3.06. The van der Waals surface area contributed by atoms with Crippen molar-refractivity contribution < 1.29 is 37.0 Å². The third-order valence-corrected chi connectivity index (χ3v) is 7.23. The second-order valence-corrected chi connectivity index (χ2v) is 9.47. The van der Waals surface area contributed by atoms with Crippen molar-refractivity contribution in [3.05, 3.63) is 52.6 Å². The van der Waals surface area contributed by atoms with Crippen LogP contribution < -0.4 is 10.5 Å². The number of H-pyrrole nitrogens is 1. The molecule has 1 fully saturated rings. The number of hydrogen-bond acceptors (Lipinski definition) is 5. The zero-order chi connectivity index (χ0) is 26.5. The lowest BCUT2D eigenvalue weighted by Crippen LogP contribution is -2.38. The maximum Gasteiger partial charge on any atom is 0.573 e. The van der Waals surface area contributed by atoms with Gasteiger partial charge < -0.3 is 25.5 Å². The Morgan fingerprint density at radius 2 is 1.92 bits per heavy atom. The Morgan fingerprint density at radius 3 is 2.57 bits per heavy atom. The molecular weight excluding hydrogens is 496 g/mol. The summed E-state index contributed by atoms with van der Waals surface area (Å²) in [5.41, 5.74) is 8.45. The third-order valence-electron chi connectivity index (χ3n) is 7.23. The van der Waals surface area contributed by atoms with Gasteiger partial charge in [-0.1, -0.05) is 0 Å². The minimum atomic E-state index is -4.87. The van der Waals surface area contributed by atoms with Crippen LogP contribution in [0.3, 0.4) is 0 Å². The van der Waals surface area contributed by atoms with E-state index in [-0.39, 0.29) is 30.3 Å². The number of likely N-dealkylation sites (tertiary alicyclic amines) is 1. The number of benzene rings is 1. The fourth-order valence-electron chi connectivity index (χ4n) is 5.46. The highest BCUT2D eigenvalue weighted by Gasteiger charge is 2.34. The fraction of sp³-hybridized carbons (Fsp3) is 0.400. The molecule has 5 rings (SSSR count). The molecule has 1 amide bonds. The number of amides is 1. The molecule has 196 valence electrons. The standard InChI is InChI=1S/C25H24F4N4O4/c26-17-11-31-22-21(16-9-13(24(35)36)1-4-19(16)32-22)20(17)12-5-7-33(8-6-12)23(34)15-3-2-14(10-18(15)30)37-25(27,28)29/h2-3,10-13H,1,4-9,30H2,(H,31,32)(H,35,36)/t13-/m1/s1. The first kappa shape index (κ1) is 24.8. The number of fused-ring (bicyclic) bond motifs is 3. The van der Waals surface area contributed by atoms with E-state index < -0.39 is 35.7 Å². The van der Waals surface area contributed by atoms with Crippen molar-refractivity contribution >= 4 is 28.6 Å². The Bertz CT molecular complexity index is 1380. The smallest absolute Gasteiger partial charge is 0.481 e. The molecule has 3 aromatic rings. The molecule has 1 aliphatic carbocycles. The molecule has 1 atom stereocenters. The van der Waals surface area contributed by atoms with Crippen molar-refractivity contribution in [2.75, 3.05) is 18.8 Å². The molecule has 1 aliphatic heterocycles. The van der Waals surface area contributed by atoms with Crippen LogP contribution in [0.2, 0.25) is 0 Å². The Balaban J connectivity index is 1.35. The molecule has 0 bridgehead atoms. The van der Waals surface area contributed by atoms with E-state index in [1.54, 1.807) is 0 Å². The summed E-state index contributed by atoms with van der Waals surface area (Å²) in [6.45, 7) is 0.578. The zero-order valence-electron chi connectivity index (χ0n) is 19.6. The van der Waals surface area contributed by atoms with E-state index in [1.807, 2.05) is 0 Å². The monoisotopic (exact) mass is 520 g/mol. The van der Waals surface area contributed by atoms with Gasteiger partial charge in [-0.05, 0) is 55.7 Å². The number of nitrogens with two attached hydrogens (primary N) is 1. The Kier molecular flexibility index (Phi) is 6.20. The van der Waals surface area contributed by atoms with Crippen LogP contribution in [-0.4, -0.2) is 51.3 Å². The van der Waals surface area contributed by atoms with Crippen molar-refractivity contribution in [1.82, 2.24) is 14.9 Å². The lowest BCUT2D eigenvalue weighted by molar-refractivity contribution is -0.274. The van der Waals surface area contributed by atoms with E-state index in [2.05, 4.69) is 14.7 Å². The molecule has 37 heavy (non-hydrogen) atoms. The minimum absolute atomic E-state index is 0.0601. The Labute approximate surface area is 208 Å². The summed E-state index contributed by atoms with van der Waals surface area (Å²) in [6.07, 6.45) is -1.48. The molecule has 4 N–H and O–H groups in total. The van der Waals surface area contributed by atoms with Crippen molar-refractivity contribution in [3.8, 4) is 5.75 Å².